The Kier molecular flexibility index (Phi) is 8.70. The first-order valence-corrected chi connectivity index (χ1v) is 8.71. The predicted molar refractivity (Wildman–Crippen MR) is 88.6 cm³/mol. The summed E-state index contributed by atoms with van der Waals surface area (Å²) in [5, 5.41) is 3.54. The highest BCUT2D eigenvalue weighted by atomic mass is 32.2. The number of pyridine rings is 1. The third kappa shape index (κ3) is 6.62. The van der Waals surface area contributed by atoms with Crippen LogP contribution in [0, 0.1) is 5.92 Å². The van der Waals surface area contributed by atoms with E-state index in [1.807, 2.05) is 18.0 Å². The van der Waals surface area contributed by atoms with Crippen molar-refractivity contribution in [3.8, 4) is 5.75 Å². The highest BCUT2D eigenvalue weighted by Gasteiger charge is 2.12. The van der Waals surface area contributed by atoms with Crippen molar-refractivity contribution in [3.63, 3.8) is 0 Å². The van der Waals surface area contributed by atoms with E-state index in [2.05, 4.69) is 44.1 Å². The van der Waals surface area contributed by atoms with E-state index in [4.69, 9.17) is 4.74 Å². The summed E-state index contributed by atoms with van der Waals surface area (Å²) in [5.74, 6) is 3.88. The molecular formula is C16H28N2OS. The lowest BCUT2D eigenvalue weighted by atomic mass is 10.1. The van der Waals surface area contributed by atoms with Crippen LogP contribution in [0.2, 0.25) is 0 Å². The van der Waals surface area contributed by atoms with Crippen LogP contribution in [0.15, 0.2) is 18.5 Å². The third-order valence-electron chi connectivity index (χ3n) is 2.80. The molecule has 1 aromatic rings. The quantitative estimate of drug-likeness (QED) is 0.710. The minimum Gasteiger partial charge on any atom is -0.492 e. The van der Waals surface area contributed by atoms with Crippen LogP contribution in [-0.4, -0.2) is 29.6 Å². The number of nitrogens with zero attached hydrogens (tertiary/aromatic N) is 1. The molecule has 0 saturated carbocycles. The molecule has 1 rings (SSSR count). The number of thioether (sulfide) groups is 1. The molecule has 0 fully saturated rings. The van der Waals surface area contributed by atoms with Gasteiger partial charge in [0.15, 0.2) is 0 Å². The monoisotopic (exact) mass is 296 g/mol. The van der Waals surface area contributed by atoms with E-state index in [1.54, 1.807) is 6.20 Å². The first-order valence-electron chi connectivity index (χ1n) is 7.56. The number of nitrogens with one attached hydrogen (secondary N) is 1. The van der Waals surface area contributed by atoms with E-state index in [0.29, 0.717) is 6.04 Å². The summed E-state index contributed by atoms with van der Waals surface area (Å²) in [6, 6.07) is 2.47. The third-order valence-corrected chi connectivity index (χ3v) is 4.27. The van der Waals surface area contributed by atoms with Crippen LogP contribution in [-0.2, 0) is 0 Å². The van der Waals surface area contributed by atoms with Gasteiger partial charge in [-0.3, -0.25) is 4.98 Å². The Morgan fingerprint density at radius 3 is 2.70 bits per heavy atom. The lowest BCUT2D eigenvalue weighted by molar-refractivity contribution is 0.315. The van der Waals surface area contributed by atoms with Gasteiger partial charge in [0.1, 0.15) is 5.75 Å². The Hall–Kier alpha value is -0.740. The van der Waals surface area contributed by atoms with E-state index in [-0.39, 0.29) is 0 Å². The lowest BCUT2D eigenvalue weighted by Gasteiger charge is -2.19. The molecule has 3 nitrogen and oxygen atoms in total. The maximum atomic E-state index is 5.67. The summed E-state index contributed by atoms with van der Waals surface area (Å²) in [6.07, 6.45) is 4.76. The largest absolute Gasteiger partial charge is 0.492 e. The van der Waals surface area contributed by atoms with E-state index >= 15 is 0 Å². The molecule has 0 radical (unpaired) electrons. The van der Waals surface area contributed by atoms with Gasteiger partial charge in [0.05, 0.1) is 12.8 Å². The molecule has 0 saturated heterocycles. The van der Waals surface area contributed by atoms with E-state index < -0.39 is 0 Å². The predicted octanol–water partition coefficient (Wildman–Crippen LogP) is 3.91. The van der Waals surface area contributed by atoms with Crippen LogP contribution in [0.4, 0.5) is 0 Å². The highest BCUT2D eigenvalue weighted by Crippen LogP contribution is 2.22. The van der Waals surface area contributed by atoms with Gasteiger partial charge in [-0.05, 0) is 36.3 Å². The molecule has 0 bridgehead atoms. The van der Waals surface area contributed by atoms with Crippen molar-refractivity contribution in [2.45, 2.75) is 40.2 Å². The van der Waals surface area contributed by atoms with E-state index in [1.165, 1.54) is 11.3 Å². The van der Waals surface area contributed by atoms with Gasteiger partial charge in [0, 0.05) is 18.0 Å². The molecule has 0 aliphatic carbocycles. The van der Waals surface area contributed by atoms with Gasteiger partial charge >= 0.3 is 0 Å². The number of aromatic nitrogens is 1. The molecule has 1 atom stereocenters. The van der Waals surface area contributed by atoms with Crippen molar-refractivity contribution in [1.82, 2.24) is 10.3 Å². The highest BCUT2D eigenvalue weighted by molar-refractivity contribution is 7.99. The smallest absolute Gasteiger partial charge is 0.137 e. The summed E-state index contributed by atoms with van der Waals surface area (Å²) < 4.78 is 5.67. The fourth-order valence-corrected chi connectivity index (χ4v) is 3.02. The van der Waals surface area contributed by atoms with Crippen molar-refractivity contribution in [1.29, 1.82) is 0 Å². The Balaban J connectivity index is 2.64. The molecule has 0 aromatic carbocycles. The van der Waals surface area contributed by atoms with Gasteiger partial charge in [0.2, 0.25) is 0 Å². The molecule has 114 valence electrons. The summed E-state index contributed by atoms with van der Waals surface area (Å²) in [7, 11) is 0. The lowest BCUT2D eigenvalue weighted by Crippen LogP contribution is -2.23. The number of hydrogen-bond acceptors (Lipinski definition) is 4. The minimum atomic E-state index is 0.349. The molecule has 1 N–H and O–H groups in total. The zero-order chi connectivity index (χ0) is 14.8. The number of rotatable bonds is 10. The molecule has 0 amide bonds. The molecular weight excluding hydrogens is 268 g/mol. The van der Waals surface area contributed by atoms with Gasteiger partial charge in [-0.2, -0.15) is 11.8 Å². The van der Waals surface area contributed by atoms with Crippen molar-refractivity contribution in [2.24, 2.45) is 5.92 Å². The number of ether oxygens (including phenoxy) is 1. The number of hydrogen-bond donors (Lipinski definition) is 1. The minimum absolute atomic E-state index is 0.349. The Morgan fingerprint density at radius 1 is 1.25 bits per heavy atom. The van der Waals surface area contributed by atoms with Gasteiger partial charge in [-0.15, -0.1) is 0 Å². The van der Waals surface area contributed by atoms with Crippen LogP contribution in [0.3, 0.4) is 0 Å². The fourth-order valence-electron chi connectivity index (χ4n) is 1.87. The van der Waals surface area contributed by atoms with Crippen molar-refractivity contribution < 1.29 is 4.74 Å². The average molecular weight is 296 g/mol. The second-order valence-electron chi connectivity index (χ2n) is 5.34. The van der Waals surface area contributed by atoms with E-state index in [0.717, 1.165) is 37.0 Å². The van der Waals surface area contributed by atoms with Gasteiger partial charge in [-0.1, -0.05) is 27.7 Å². The zero-order valence-electron chi connectivity index (χ0n) is 13.2. The fraction of sp³-hybridized carbons (Fsp3) is 0.688. The summed E-state index contributed by atoms with van der Waals surface area (Å²) in [6.45, 7) is 10.5. The molecule has 1 heterocycles. The first-order chi connectivity index (χ1) is 9.67. The normalized spacial score (nSPS) is 12.7. The van der Waals surface area contributed by atoms with Crippen molar-refractivity contribution in [3.05, 3.63) is 24.0 Å². The maximum absolute atomic E-state index is 5.67. The van der Waals surface area contributed by atoms with E-state index in [9.17, 15) is 0 Å². The molecule has 1 aromatic heterocycles. The van der Waals surface area contributed by atoms with Crippen LogP contribution in [0.25, 0.3) is 0 Å². The van der Waals surface area contributed by atoms with Gasteiger partial charge < -0.3 is 10.1 Å². The van der Waals surface area contributed by atoms with Crippen LogP contribution in [0.5, 0.6) is 5.75 Å². The average Bonchev–Trinajstić information content (AvgIpc) is 2.44. The standard InChI is InChI=1S/C16H28N2OS/c1-5-7-19-15-8-14(9-17-10-15)16(18-6-2)12-20-11-13(3)4/h8-10,13,16,18H,5-7,11-12H2,1-4H3. The molecule has 20 heavy (non-hydrogen) atoms. The molecule has 0 spiro atoms. The van der Waals surface area contributed by atoms with Crippen LogP contribution < -0.4 is 10.1 Å². The topological polar surface area (TPSA) is 34.1 Å². The van der Waals surface area contributed by atoms with Gasteiger partial charge in [-0.25, -0.2) is 0 Å². The Morgan fingerprint density at radius 2 is 2.05 bits per heavy atom. The summed E-state index contributed by atoms with van der Waals surface area (Å²) in [4.78, 5) is 4.31. The molecule has 4 heteroatoms. The van der Waals surface area contributed by atoms with Crippen molar-refractivity contribution in [2.75, 3.05) is 24.7 Å². The zero-order valence-corrected chi connectivity index (χ0v) is 14.0. The first kappa shape index (κ1) is 17.3. The SMILES string of the molecule is CCCOc1cncc(C(CSCC(C)C)NCC)c1. The molecule has 0 aliphatic heterocycles. The van der Waals surface area contributed by atoms with Gasteiger partial charge in [0.25, 0.3) is 0 Å². The van der Waals surface area contributed by atoms with Crippen molar-refractivity contribution >= 4 is 11.8 Å². The second kappa shape index (κ2) is 10.1. The Labute approximate surface area is 127 Å². The van der Waals surface area contributed by atoms with Crippen LogP contribution >= 0.6 is 11.8 Å². The molecule has 1 unspecified atom stereocenters. The summed E-state index contributed by atoms with van der Waals surface area (Å²) in [5.41, 5.74) is 1.22. The maximum Gasteiger partial charge on any atom is 0.137 e. The molecule has 0 aliphatic rings. The Bertz CT molecular complexity index is 371. The van der Waals surface area contributed by atoms with Crippen LogP contribution in [0.1, 0.15) is 45.7 Å². The second-order valence-corrected chi connectivity index (χ2v) is 6.42. The summed E-state index contributed by atoms with van der Waals surface area (Å²) >= 11 is 2.00.